The van der Waals surface area contributed by atoms with Gasteiger partial charge in [0, 0.05) is 23.2 Å². The fourth-order valence-corrected chi connectivity index (χ4v) is 2.44. The summed E-state index contributed by atoms with van der Waals surface area (Å²) in [5, 5.41) is 1.45. The minimum atomic E-state index is 0.0776. The van der Waals surface area contributed by atoms with Crippen molar-refractivity contribution in [1.82, 2.24) is 4.57 Å². The van der Waals surface area contributed by atoms with E-state index in [1.54, 1.807) is 0 Å². The van der Waals surface area contributed by atoms with Crippen molar-refractivity contribution < 1.29 is 0 Å². The summed E-state index contributed by atoms with van der Waals surface area (Å²) in [5.41, 5.74) is 2.91. The molecule has 0 aliphatic heterocycles. The van der Waals surface area contributed by atoms with Gasteiger partial charge in [-0.2, -0.15) is 0 Å². The molecule has 0 fully saturated rings. The summed E-state index contributed by atoms with van der Waals surface area (Å²) >= 11 is 0. The highest BCUT2D eigenvalue weighted by Crippen LogP contribution is 2.19. The zero-order valence-corrected chi connectivity index (χ0v) is 11.6. The molecule has 0 saturated heterocycles. The molecule has 3 aromatic rings. The fraction of sp³-hybridized carbons (Fsp3) is 0.167. The Balaban J connectivity index is 2.60. The SMILES string of the molecule is CCC#Cn1c2ccccc2c(=O)c2cc(C)ccc21. The summed E-state index contributed by atoms with van der Waals surface area (Å²) in [6, 6.07) is 16.7. The number of aryl methyl sites for hydroxylation is 1. The topological polar surface area (TPSA) is 22.0 Å². The Morgan fingerprint density at radius 1 is 1.05 bits per heavy atom. The average Bonchev–Trinajstić information content (AvgIpc) is 2.48. The van der Waals surface area contributed by atoms with Crippen LogP contribution in [-0.2, 0) is 0 Å². The maximum absolute atomic E-state index is 12.6. The van der Waals surface area contributed by atoms with E-state index in [0.717, 1.165) is 33.8 Å². The molecule has 0 unspecified atom stereocenters. The van der Waals surface area contributed by atoms with E-state index in [-0.39, 0.29) is 5.43 Å². The molecule has 0 N–H and O–H groups in total. The van der Waals surface area contributed by atoms with E-state index in [4.69, 9.17) is 0 Å². The molecule has 3 rings (SSSR count). The molecule has 2 nitrogen and oxygen atoms in total. The van der Waals surface area contributed by atoms with Crippen molar-refractivity contribution in [2.24, 2.45) is 0 Å². The Hall–Kier alpha value is -2.53. The third-order valence-corrected chi connectivity index (χ3v) is 3.39. The molecule has 0 spiro atoms. The number of hydrogen-bond acceptors (Lipinski definition) is 1. The Labute approximate surface area is 117 Å². The van der Waals surface area contributed by atoms with Crippen LogP contribution < -0.4 is 5.43 Å². The van der Waals surface area contributed by atoms with E-state index in [1.165, 1.54) is 0 Å². The van der Waals surface area contributed by atoms with Gasteiger partial charge < -0.3 is 0 Å². The number of aromatic nitrogens is 1. The van der Waals surface area contributed by atoms with Gasteiger partial charge in [-0.3, -0.25) is 9.36 Å². The van der Waals surface area contributed by atoms with Crippen LogP contribution in [0.2, 0.25) is 0 Å². The molecule has 98 valence electrons. The monoisotopic (exact) mass is 261 g/mol. The summed E-state index contributed by atoms with van der Waals surface area (Å²) in [7, 11) is 0. The van der Waals surface area contributed by atoms with Crippen molar-refractivity contribution >= 4 is 21.8 Å². The van der Waals surface area contributed by atoms with Crippen LogP contribution in [0.5, 0.6) is 0 Å². The van der Waals surface area contributed by atoms with Crippen LogP contribution in [0.25, 0.3) is 21.8 Å². The lowest BCUT2D eigenvalue weighted by Crippen LogP contribution is -2.09. The van der Waals surface area contributed by atoms with Gasteiger partial charge in [0.15, 0.2) is 5.43 Å². The van der Waals surface area contributed by atoms with Crippen LogP contribution >= 0.6 is 0 Å². The lowest BCUT2D eigenvalue weighted by atomic mass is 10.1. The maximum atomic E-state index is 12.6. The van der Waals surface area contributed by atoms with Gasteiger partial charge in [-0.1, -0.05) is 36.6 Å². The maximum Gasteiger partial charge on any atom is 0.197 e. The molecule has 0 saturated carbocycles. The molecule has 0 bridgehead atoms. The highest BCUT2D eigenvalue weighted by molar-refractivity contribution is 5.94. The van der Waals surface area contributed by atoms with Gasteiger partial charge in [0.1, 0.15) is 0 Å². The molecule has 1 aromatic heterocycles. The predicted molar refractivity (Wildman–Crippen MR) is 83.9 cm³/mol. The van der Waals surface area contributed by atoms with Crippen molar-refractivity contribution in [3.63, 3.8) is 0 Å². The second kappa shape index (κ2) is 4.86. The number of hydrogen-bond donors (Lipinski definition) is 0. The van der Waals surface area contributed by atoms with Crippen LogP contribution in [0.4, 0.5) is 0 Å². The zero-order chi connectivity index (χ0) is 14.1. The molecular weight excluding hydrogens is 246 g/mol. The molecular formula is C18H15NO. The Morgan fingerprint density at radius 3 is 2.60 bits per heavy atom. The van der Waals surface area contributed by atoms with Crippen LogP contribution in [0.15, 0.2) is 47.3 Å². The Bertz CT molecular complexity index is 923. The molecule has 2 aromatic carbocycles. The van der Waals surface area contributed by atoms with E-state index < -0.39 is 0 Å². The van der Waals surface area contributed by atoms with Gasteiger partial charge in [0.2, 0.25) is 0 Å². The largest absolute Gasteiger partial charge is 0.288 e. The molecule has 0 amide bonds. The summed E-state index contributed by atoms with van der Waals surface area (Å²) in [6.45, 7) is 4.01. The molecule has 0 aliphatic carbocycles. The van der Waals surface area contributed by atoms with Crippen molar-refractivity contribution in [3.8, 4) is 12.0 Å². The third kappa shape index (κ3) is 1.88. The quantitative estimate of drug-likeness (QED) is 0.447. The minimum absolute atomic E-state index is 0.0776. The van der Waals surface area contributed by atoms with E-state index in [0.29, 0.717) is 0 Å². The Morgan fingerprint density at radius 2 is 1.80 bits per heavy atom. The van der Waals surface area contributed by atoms with Crippen LogP contribution in [-0.4, -0.2) is 4.57 Å². The molecule has 2 heteroatoms. The molecule has 0 atom stereocenters. The van der Waals surface area contributed by atoms with Crippen LogP contribution in [0.3, 0.4) is 0 Å². The first-order valence-electron chi connectivity index (χ1n) is 6.75. The predicted octanol–water partition coefficient (Wildman–Crippen LogP) is 3.68. The van der Waals surface area contributed by atoms with E-state index >= 15 is 0 Å². The van der Waals surface area contributed by atoms with Gasteiger partial charge in [-0.15, -0.1) is 0 Å². The molecule has 0 radical (unpaired) electrons. The lowest BCUT2D eigenvalue weighted by Gasteiger charge is -2.09. The van der Waals surface area contributed by atoms with Crippen molar-refractivity contribution in [2.45, 2.75) is 20.3 Å². The number of pyridine rings is 1. The molecule has 20 heavy (non-hydrogen) atoms. The second-order valence-corrected chi connectivity index (χ2v) is 4.84. The van der Waals surface area contributed by atoms with Crippen molar-refractivity contribution in [2.75, 3.05) is 0 Å². The van der Waals surface area contributed by atoms with Gasteiger partial charge in [0.05, 0.1) is 11.0 Å². The normalized spacial score (nSPS) is 10.5. The zero-order valence-electron chi connectivity index (χ0n) is 11.6. The number of rotatable bonds is 0. The first kappa shape index (κ1) is 12.5. The first-order chi connectivity index (χ1) is 9.72. The standard InChI is InChI=1S/C18H15NO/c1-3-4-11-19-16-8-6-5-7-14(16)18(20)15-12-13(2)9-10-17(15)19/h5-10,12H,3H2,1-2H3. The van der Waals surface area contributed by atoms with Crippen LogP contribution in [0.1, 0.15) is 18.9 Å². The molecule has 0 aliphatic rings. The number of fused-ring (bicyclic) bond motifs is 2. The van der Waals surface area contributed by atoms with E-state index in [2.05, 4.69) is 12.0 Å². The molecule has 1 heterocycles. The van der Waals surface area contributed by atoms with Gasteiger partial charge >= 0.3 is 0 Å². The van der Waals surface area contributed by atoms with E-state index in [1.807, 2.05) is 60.9 Å². The summed E-state index contributed by atoms with van der Waals surface area (Å²) < 4.78 is 1.93. The Kier molecular flexibility index (Phi) is 3.04. The summed E-state index contributed by atoms with van der Waals surface area (Å²) in [5.74, 6) is 3.09. The third-order valence-electron chi connectivity index (χ3n) is 3.39. The fourth-order valence-electron chi connectivity index (χ4n) is 2.44. The smallest absolute Gasteiger partial charge is 0.197 e. The van der Waals surface area contributed by atoms with Gasteiger partial charge in [-0.25, -0.2) is 0 Å². The first-order valence-corrected chi connectivity index (χ1v) is 6.75. The highest BCUT2D eigenvalue weighted by Gasteiger charge is 2.09. The van der Waals surface area contributed by atoms with Gasteiger partial charge in [0.25, 0.3) is 0 Å². The lowest BCUT2D eigenvalue weighted by molar-refractivity contribution is 1.20. The van der Waals surface area contributed by atoms with Crippen LogP contribution in [0, 0.1) is 18.9 Å². The number of nitrogens with zero attached hydrogens (tertiary/aromatic N) is 1. The van der Waals surface area contributed by atoms with E-state index in [9.17, 15) is 4.79 Å². The van der Waals surface area contributed by atoms with Crippen molar-refractivity contribution in [3.05, 3.63) is 58.3 Å². The van der Waals surface area contributed by atoms with Gasteiger partial charge in [-0.05, 0) is 31.2 Å². The number of para-hydroxylation sites is 1. The second-order valence-electron chi connectivity index (χ2n) is 4.84. The summed E-state index contributed by atoms with van der Waals surface area (Å²) in [6.07, 6.45) is 0.786. The minimum Gasteiger partial charge on any atom is -0.288 e. The average molecular weight is 261 g/mol. The highest BCUT2D eigenvalue weighted by atomic mass is 16.1. The van der Waals surface area contributed by atoms with Crippen molar-refractivity contribution in [1.29, 1.82) is 0 Å². The summed E-state index contributed by atoms with van der Waals surface area (Å²) in [4.78, 5) is 12.6. The number of benzene rings is 2.